The topological polar surface area (TPSA) is 105 Å². The van der Waals surface area contributed by atoms with Gasteiger partial charge in [0.25, 0.3) is 0 Å². The van der Waals surface area contributed by atoms with Gasteiger partial charge in [-0.25, -0.2) is 13.2 Å². The van der Waals surface area contributed by atoms with Gasteiger partial charge in [-0.1, -0.05) is 18.2 Å². The zero-order chi connectivity index (χ0) is 19.0. The highest BCUT2D eigenvalue weighted by Crippen LogP contribution is 2.23. The van der Waals surface area contributed by atoms with Crippen LogP contribution in [0.1, 0.15) is 17.0 Å². The zero-order valence-electron chi connectivity index (χ0n) is 14.2. The van der Waals surface area contributed by atoms with Crippen molar-refractivity contribution in [3.05, 3.63) is 71.8 Å². The van der Waals surface area contributed by atoms with E-state index in [0.29, 0.717) is 18.8 Å². The molecule has 8 nitrogen and oxygen atoms in total. The van der Waals surface area contributed by atoms with E-state index >= 15 is 0 Å². The summed E-state index contributed by atoms with van der Waals surface area (Å²) in [6.07, 6.45) is 2.03. The van der Waals surface area contributed by atoms with Crippen molar-refractivity contribution in [1.82, 2.24) is 19.7 Å². The van der Waals surface area contributed by atoms with E-state index in [9.17, 15) is 13.2 Å². The van der Waals surface area contributed by atoms with Gasteiger partial charge in [0.15, 0.2) is 0 Å². The predicted octanol–water partition coefficient (Wildman–Crippen LogP) is 2.15. The molecule has 0 fully saturated rings. The highest BCUT2D eigenvalue weighted by atomic mass is 32.2. The third-order valence-corrected chi connectivity index (χ3v) is 6.24. The van der Waals surface area contributed by atoms with Crippen LogP contribution < -0.4 is 0 Å². The van der Waals surface area contributed by atoms with Crippen molar-refractivity contribution in [2.75, 3.05) is 0 Å². The zero-order valence-corrected chi connectivity index (χ0v) is 15.0. The van der Waals surface area contributed by atoms with E-state index in [0.717, 1.165) is 11.3 Å². The average Bonchev–Trinajstić information content (AvgIpc) is 3.25. The molecule has 0 unspecified atom stereocenters. The number of hydrogen-bond acceptors (Lipinski definition) is 5. The molecule has 0 saturated carbocycles. The normalized spacial score (nSPS) is 13.6. The van der Waals surface area contributed by atoms with E-state index in [-0.39, 0.29) is 16.3 Å². The van der Waals surface area contributed by atoms with Crippen LogP contribution in [0.4, 0.5) is 4.79 Å². The van der Waals surface area contributed by atoms with Gasteiger partial charge >= 0.3 is 6.09 Å². The third-order valence-electron chi connectivity index (χ3n) is 4.48. The van der Waals surface area contributed by atoms with Crippen LogP contribution in [0.2, 0.25) is 0 Å². The summed E-state index contributed by atoms with van der Waals surface area (Å²) in [5.74, 6) is 0. The van der Waals surface area contributed by atoms with Gasteiger partial charge in [0, 0.05) is 11.8 Å². The molecule has 1 amide bonds. The SMILES string of the molecule is O=C(O)N1Cc2cnn(Cc3ccc(S(=O)(=O)c4ccccc4)cn3)c2C1. The Morgan fingerprint density at radius 1 is 1.04 bits per heavy atom. The second kappa shape index (κ2) is 6.51. The number of fused-ring (bicyclic) bond motifs is 1. The van der Waals surface area contributed by atoms with E-state index in [4.69, 9.17) is 5.11 Å². The molecule has 0 bridgehead atoms. The minimum absolute atomic E-state index is 0.125. The van der Waals surface area contributed by atoms with Gasteiger partial charge in [-0.2, -0.15) is 5.10 Å². The summed E-state index contributed by atoms with van der Waals surface area (Å²) in [7, 11) is -3.60. The second-order valence-corrected chi connectivity index (χ2v) is 8.16. The molecule has 1 N–H and O–H groups in total. The molecule has 0 spiro atoms. The summed E-state index contributed by atoms with van der Waals surface area (Å²) < 4.78 is 26.9. The van der Waals surface area contributed by atoms with E-state index in [1.54, 1.807) is 47.3 Å². The number of nitrogens with zero attached hydrogens (tertiary/aromatic N) is 4. The van der Waals surface area contributed by atoms with Crippen molar-refractivity contribution in [1.29, 1.82) is 0 Å². The van der Waals surface area contributed by atoms with Crippen molar-refractivity contribution in [3.8, 4) is 0 Å². The summed E-state index contributed by atoms with van der Waals surface area (Å²) >= 11 is 0. The number of hydrogen-bond donors (Lipinski definition) is 1. The van der Waals surface area contributed by atoms with Gasteiger partial charge in [0.05, 0.1) is 47.0 Å². The number of rotatable bonds is 4. The van der Waals surface area contributed by atoms with Crippen LogP contribution in [0, 0.1) is 0 Å². The summed E-state index contributed by atoms with van der Waals surface area (Å²) in [5, 5.41) is 13.4. The monoisotopic (exact) mass is 384 g/mol. The molecule has 1 aliphatic heterocycles. The third kappa shape index (κ3) is 3.17. The fourth-order valence-corrected chi connectivity index (χ4v) is 4.26. The lowest BCUT2D eigenvalue weighted by Crippen LogP contribution is -2.24. The molecule has 3 aromatic rings. The van der Waals surface area contributed by atoms with Crippen LogP contribution in [0.15, 0.2) is 64.6 Å². The van der Waals surface area contributed by atoms with E-state index < -0.39 is 15.9 Å². The van der Waals surface area contributed by atoms with Crippen LogP contribution in [0.3, 0.4) is 0 Å². The Hall–Kier alpha value is -3.20. The van der Waals surface area contributed by atoms with Crippen molar-refractivity contribution >= 4 is 15.9 Å². The van der Waals surface area contributed by atoms with E-state index in [2.05, 4.69) is 10.1 Å². The smallest absolute Gasteiger partial charge is 0.407 e. The first-order chi connectivity index (χ1) is 12.9. The molecule has 27 heavy (non-hydrogen) atoms. The number of benzene rings is 1. The van der Waals surface area contributed by atoms with Gasteiger partial charge in [0.1, 0.15) is 0 Å². The Morgan fingerprint density at radius 3 is 2.48 bits per heavy atom. The fourth-order valence-electron chi connectivity index (χ4n) is 3.03. The highest BCUT2D eigenvalue weighted by Gasteiger charge is 2.27. The minimum atomic E-state index is -3.60. The lowest BCUT2D eigenvalue weighted by molar-refractivity contribution is 0.144. The minimum Gasteiger partial charge on any atom is -0.465 e. The van der Waals surface area contributed by atoms with Gasteiger partial charge in [-0.3, -0.25) is 14.6 Å². The number of sulfone groups is 1. The molecule has 9 heteroatoms. The molecule has 0 aliphatic carbocycles. The Balaban J connectivity index is 1.54. The van der Waals surface area contributed by atoms with Gasteiger partial charge < -0.3 is 5.11 Å². The Labute approximate surface area is 155 Å². The molecule has 0 radical (unpaired) electrons. The van der Waals surface area contributed by atoms with Crippen molar-refractivity contribution in [2.24, 2.45) is 0 Å². The molecular formula is C18H16N4O4S. The Bertz CT molecular complexity index is 1090. The van der Waals surface area contributed by atoms with Gasteiger partial charge in [-0.05, 0) is 24.3 Å². The maximum absolute atomic E-state index is 12.6. The molecule has 1 aromatic carbocycles. The van der Waals surface area contributed by atoms with Gasteiger partial charge in [0.2, 0.25) is 9.84 Å². The maximum atomic E-state index is 12.6. The first-order valence-corrected chi connectivity index (χ1v) is 9.70. The van der Waals surface area contributed by atoms with Crippen LogP contribution in [-0.2, 0) is 29.5 Å². The predicted molar refractivity (Wildman–Crippen MR) is 94.7 cm³/mol. The second-order valence-electron chi connectivity index (χ2n) is 6.21. The lowest BCUT2D eigenvalue weighted by Gasteiger charge is -2.11. The highest BCUT2D eigenvalue weighted by molar-refractivity contribution is 7.91. The molecular weight excluding hydrogens is 368 g/mol. The van der Waals surface area contributed by atoms with E-state index in [1.807, 2.05) is 0 Å². The first-order valence-electron chi connectivity index (χ1n) is 8.21. The molecule has 1 aliphatic rings. The average molecular weight is 384 g/mol. The first kappa shape index (κ1) is 17.2. The van der Waals surface area contributed by atoms with Crippen molar-refractivity contribution < 1.29 is 18.3 Å². The van der Waals surface area contributed by atoms with Gasteiger partial charge in [-0.15, -0.1) is 0 Å². The van der Waals surface area contributed by atoms with Crippen LogP contribution >= 0.6 is 0 Å². The number of carboxylic acid groups (broad SMARTS) is 1. The standard InChI is InChI=1S/C18H16N4O4S/c23-18(24)21-10-13-8-20-22(17(13)12-21)11-14-6-7-16(9-19-14)27(25,26)15-4-2-1-3-5-15/h1-9H,10-12H2,(H,23,24). The number of aromatic nitrogens is 3. The Morgan fingerprint density at radius 2 is 1.81 bits per heavy atom. The number of amides is 1. The number of carbonyl (C=O) groups is 1. The van der Waals surface area contributed by atoms with Crippen molar-refractivity contribution in [2.45, 2.75) is 29.4 Å². The van der Waals surface area contributed by atoms with Crippen LogP contribution in [0.5, 0.6) is 0 Å². The quantitative estimate of drug-likeness (QED) is 0.739. The maximum Gasteiger partial charge on any atom is 0.407 e. The van der Waals surface area contributed by atoms with E-state index in [1.165, 1.54) is 17.2 Å². The molecule has 4 rings (SSSR count). The Kier molecular flexibility index (Phi) is 4.15. The molecule has 138 valence electrons. The molecule has 0 saturated heterocycles. The summed E-state index contributed by atoms with van der Waals surface area (Å²) in [4.78, 5) is 17.0. The number of pyridine rings is 1. The fraction of sp³-hybridized carbons (Fsp3) is 0.167. The lowest BCUT2D eigenvalue weighted by atomic mass is 10.3. The summed E-state index contributed by atoms with van der Waals surface area (Å²) in [6.45, 7) is 0.950. The molecule has 0 atom stereocenters. The molecule has 3 heterocycles. The summed E-state index contributed by atoms with van der Waals surface area (Å²) in [5.41, 5.74) is 2.35. The largest absolute Gasteiger partial charge is 0.465 e. The van der Waals surface area contributed by atoms with Crippen LogP contribution in [0.25, 0.3) is 0 Å². The summed E-state index contributed by atoms with van der Waals surface area (Å²) in [6, 6.07) is 11.4. The van der Waals surface area contributed by atoms with Crippen molar-refractivity contribution in [3.63, 3.8) is 0 Å². The van der Waals surface area contributed by atoms with Crippen LogP contribution in [-0.4, -0.2) is 39.3 Å². The molecule has 2 aromatic heterocycles.